The molecule has 0 N–H and O–H groups in total. The van der Waals surface area contributed by atoms with Gasteiger partial charge in [0.1, 0.15) is 23.8 Å². The molecule has 0 spiro atoms. The van der Waals surface area contributed by atoms with Gasteiger partial charge in [-0.05, 0) is 60.9 Å². The molecule has 1 aromatic heterocycles. The number of hydrogen-bond donors (Lipinski definition) is 0. The molecule has 4 aromatic rings. The van der Waals surface area contributed by atoms with Gasteiger partial charge >= 0.3 is 0 Å². The molecule has 5 rings (SSSR count). The first-order valence-corrected chi connectivity index (χ1v) is 11.2. The van der Waals surface area contributed by atoms with E-state index in [4.69, 9.17) is 32.4 Å². The van der Waals surface area contributed by atoms with Gasteiger partial charge in [0.15, 0.2) is 0 Å². The van der Waals surface area contributed by atoms with Crippen molar-refractivity contribution < 1.29 is 9.15 Å². The summed E-state index contributed by atoms with van der Waals surface area (Å²) in [5.41, 5.74) is 4.03. The van der Waals surface area contributed by atoms with Gasteiger partial charge in [-0.15, -0.1) is 0 Å². The molecule has 2 heterocycles. The first-order chi connectivity index (χ1) is 15.5. The van der Waals surface area contributed by atoms with Crippen LogP contribution >= 0.6 is 23.2 Å². The lowest BCUT2D eigenvalue weighted by Crippen LogP contribution is -2.33. The van der Waals surface area contributed by atoms with Gasteiger partial charge in [-0.1, -0.05) is 47.5 Å². The van der Waals surface area contributed by atoms with Crippen LogP contribution in [0.3, 0.4) is 0 Å². The fourth-order valence-electron chi connectivity index (χ4n) is 4.15. The third-order valence-corrected chi connectivity index (χ3v) is 6.35. The maximum Gasteiger partial charge on any atom is 0.200 e. The molecule has 0 fully saturated rings. The minimum atomic E-state index is -0.0489. The highest BCUT2D eigenvalue weighted by Gasteiger charge is 2.23. The Labute approximate surface area is 195 Å². The average molecular weight is 466 g/mol. The van der Waals surface area contributed by atoms with E-state index in [9.17, 15) is 4.79 Å². The van der Waals surface area contributed by atoms with Crippen molar-refractivity contribution in [2.75, 3.05) is 13.3 Å². The van der Waals surface area contributed by atoms with Gasteiger partial charge < -0.3 is 9.15 Å². The summed E-state index contributed by atoms with van der Waals surface area (Å²) < 4.78 is 12.2. The monoisotopic (exact) mass is 465 g/mol. The molecule has 0 aliphatic carbocycles. The molecule has 3 aromatic carbocycles. The van der Waals surface area contributed by atoms with E-state index in [2.05, 4.69) is 4.90 Å². The summed E-state index contributed by atoms with van der Waals surface area (Å²) in [6, 6.07) is 18.8. The van der Waals surface area contributed by atoms with Crippen molar-refractivity contribution in [1.29, 1.82) is 0 Å². The normalized spacial score (nSPS) is 13.7. The van der Waals surface area contributed by atoms with E-state index < -0.39 is 0 Å². The van der Waals surface area contributed by atoms with Gasteiger partial charge in [-0.3, -0.25) is 9.69 Å². The Kier molecular flexibility index (Phi) is 5.68. The standard InChI is InChI=1S/C26H21Cl2NO3/c1-16-24(18-4-8-20(28)9-5-18)25(30)21-10-11-23-22(26(21)32-16)14-29(15-31-23)13-12-17-2-6-19(27)7-3-17/h2-11H,12-15H2,1H3. The molecule has 0 unspecified atom stereocenters. The Balaban J connectivity index is 1.47. The zero-order chi connectivity index (χ0) is 22.2. The Morgan fingerprint density at radius 2 is 1.62 bits per heavy atom. The van der Waals surface area contributed by atoms with E-state index >= 15 is 0 Å². The number of aryl methyl sites for hydroxylation is 1. The summed E-state index contributed by atoms with van der Waals surface area (Å²) >= 11 is 12.0. The van der Waals surface area contributed by atoms with Crippen LogP contribution in [0.25, 0.3) is 22.1 Å². The molecule has 1 aliphatic rings. The van der Waals surface area contributed by atoms with Crippen LogP contribution in [0.15, 0.2) is 69.9 Å². The summed E-state index contributed by atoms with van der Waals surface area (Å²) in [6.07, 6.45) is 0.879. The lowest BCUT2D eigenvalue weighted by atomic mass is 10.0. The summed E-state index contributed by atoms with van der Waals surface area (Å²) in [5.74, 6) is 1.35. The number of rotatable bonds is 4. The average Bonchev–Trinajstić information content (AvgIpc) is 2.80. The second kappa shape index (κ2) is 8.62. The molecule has 0 bridgehead atoms. The Morgan fingerprint density at radius 3 is 2.34 bits per heavy atom. The molecule has 0 saturated heterocycles. The van der Waals surface area contributed by atoms with Crippen molar-refractivity contribution in [2.24, 2.45) is 0 Å². The van der Waals surface area contributed by atoms with Crippen LogP contribution in [0.1, 0.15) is 16.9 Å². The van der Waals surface area contributed by atoms with Crippen molar-refractivity contribution in [3.05, 3.63) is 97.8 Å². The first kappa shape index (κ1) is 21.1. The molecule has 4 nitrogen and oxygen atoms in total. The van der Waals surface area contributed by atoms with Crippen LogP contribution in [-0.4, -0.2) is 18.2 Å². The minimum Gasteiger partial charge on any atom is -0.478 e. The molecule has 32 heavy (non-hydrogen) atoms. The molecule has 0 amide bonds. The predicted octanol–water partition coefficient (Wildman–Crippen LogP) is 6.47. The van der Waals surface area contributed by atoms with E-state index in [1.807, 2.05) is 49.4 Å². The topological polar surface area (TPSA) is 42.7 Å². The number of nitrogens with zero attached hydrogens (tertiary/aromatic N) is 1. The van der Waals surface area contributed by atoms with Crippen LogP contribution in [0.2, 0.25) is 10.0 Å². The molecule has 0 radical (unpaired) electrons. The minimum absolute atomic E-state index is 0.0489. The maximum absolute atomic E-state index is 13.4. The predicted molar refractivity (Wildman–Crippen MR) is 129 cm³/mol. The highest BCUT2D eigenvalue weighted by Crippen LogP contribution is 2.34. The Bertz CT molecular complexity index is 1350. The highest BCUT2D eigenvalue weighted by atomic mass is 35.5. The number of benzene rings is 3. The van der Waals surface area contributed by atoms with Crippen LogP contribution in [0, 0.1) is 6.92 Å². The second-order valence-electron chi connectivity index (χ2n) is 7.99. The molecular formula is C26H21Cl2NO3. The largest absolute Gasteiger partial charge is 0.478 e. The van der Waals surface area contributed by atoms with E-state index in [1.165, 1.54) is 5.56 Å². The van der Waals surface area contributed by atoms with Gasteiger partial charge in [0, 0.05) is 23.1 Å². The summed E-state index contributed by atoms with van der Waals surface area (Å²) in [6.45, 7) is 3.80. The fraction of sp³-hybridized carbons (Fsp3) is 0.192. The van der Waals surface area contributed by atoms with Gasteiger partial charge in [-0.2, -0.15) is 0 Å². The zero-order valence-corrected chi connectivity index (χ0v) is 19.0. The van der Waals surface area contributed by atoms with Crippen LogP contribution in [-0.2, 0) is 13.0 Å². The van der Waals surface area contributed by atoms with E-state index in [0.29, 0.717) is 40.6 Å². The molecule has 0 saturated carbocycles. The van der Waals surface area contributed by atoms with Gasteiger partial charge in [0.2, 0.25) is 5.43 Å². The van der Waals surface area contributed by atoms with Crippen molar-refractivity contribution in [3.8, 4) is 16.9 Å². The lowest BCUT2D eigenvalue weighted by molar-refractivity contribution is 0.0968. The summed E-state index contributed by atoms with van der Waals surface area (Å²) in [7, 11) is 0. The number of fused-ring (bicyclic) bond motifs is 3. The zero-order valence-electron chi connectivity index (χ0n) is 17.5. The van der Waals surface area contributed by atoms with E-state index in [1.54, 1.807) is 18.2 Å². The van der Waals surface area contributed by atoms with Crippen LogP contribution in [0.4, 0.5) is 0 Å². The maximum atomic E-state index is 13.4. The van der Waals surface area contributed by atoms with Crippen molar-refractivity contribution >= 4 is 34.2 Å². The van der Waals surface area contributed by atoms with Crippen molar-refractivity contribution in [2.45, 2.75) is 19.9 Å². The summed E-state index contributed by atoms with van der Waals surface area (Å²) in [5, 5.41) is 1.92. The third-order valence-electron chi connectivity index (χ3n) is 5.84. The van der Waals surface area contributed by atoms with Gasteiger partial charge in [0.05, 0.1) is 16.5 Å². The Hall–Kier alpha value is -2.79. The molecule has 6 heteroatoms. The van der Waals surface area contributed by atoms with Crippen molar-refractivity contribution in [1.82, 2.24) is 4.90 Å². The fourth-order valence-corrected chi connectivity index (χ4v) is 4.40. The Morgan fingerprint density at radius 1 is 0.938 bits per heavy atom. The van der Waals surface area contributed by atoms with E-state index in [-0.39, 0.29) is 5.43 Å². The van der Waals surface area contributed by atoms with Crippen molar-refractivity contribution in [3.63, 3.8) is 0 Å². The molecule has 162 valence electrons. The van der Waals surface area contributed by atoms with E-state index in [0.717, 1.165) is 34.9 Å². The quantitative estimate of drug-likeness (QED) is 0.346. The smallest absolute Gasteiger partial charge is 0.200 e. The van der Waals surface area contributed by atoms with Crippen LogP contribution in [0.5, 0.6) is 5.75 Å². The number of ether oxygens (including phenoxy) is 1. The van der Waals surface area contributed by atoms with Crippen LogP contribution < -0.4 is 10.2 Å². The summed E-state index contributed by atoms with van der Waals surface area (Å²) in [4.78, 5) is 15.6. The number of hydrogen-bond acceptors (Lipinski definition) is 4. The van der Waals surface area contributed by atoms with Gasteiger partial charge in [-0.25, -0.2) is 0 Å². The molecule has 0 atom stereocenters. The highest BCUT2D eigenvalue weighted by molar-refractivity contribution is 6.30. The SMILES string of the molecule is Cc1oc2c3c(ccc2c(=O)c1-c1ccc(Cl)cc1)OCN(CCc1ccc(Cl)cc1)C3. The molecule has 1 aliphatic heterocycles. The lowest BCUT2D eigenvalue weighted by Gasteiger charge is -2.29. The third kappa shape index (κ3) is 4.02. The first-order valence-electron chi connectivity index (χ1n) is 10.4. The molecular weight excluding hydrogens is 445 g/mol. The van der Waals surface area contributed by atoms with Gasteiger partial charge in [0.25, 0.3) is 0 Å². The second-order valence-corrected chi connectivity index (χ2v) is 8.86. The number of halogens is 2.